The average molecular weight is 851 g/mol. The molecule has 0 aliphatic carbocycles. The Morgan fingerprint density at radius 1 is 0.344 bits per heavy atom. The lowest BCUT2D eigenvalue weighted by molar-refractivity contribution is -0.167. The summed E-state index contributed by atoms with van der Waals surface area (Å²) in [7, 11) is 0. The van der Waals surface area contributed by atoms with Crippen molar-refractivity contribution in [3.8, 4) is 0 Å². The summed E-state index contributed by atoms with van der Waals surface area (Å²) in [5, 5.41) is 0. The van der Waals surface area contributed by atoms with Crippen LogP contribution in [0.2, 0.25) is 0 Å². The molecule has 0 spiro atoms. The van der Waals surface area contributed by atoms with Gasteiger partial charge < -0.3 is 14.2 Å². The Hall–Kier alpha value is -3.15. The van der Waals surface area contributed by atoms with Gasteiger partial charge in [-0.1, -0.05) is 203 Å². The van der Waals surface area contributed by atoms with Crippen molar-refractivity contribution >= 4 is 17.9 Å². The topological polar surface area (TPSA) is 78.9 Å². The Labute approximate surface area is 376 Å². The number of carbonyl (C=O) groups is 3. The van der Waals surface area contributed by atoms with Gasteiger partial charge in [-0.05, 0) is 89.9 Å². The smallest absolute Gasteiger partial charge is 0.306 e. The van der Waals surface area contributed by atoms with Crippen LogP contribution in [-0.2, 0) is 28.6 Å². The van der Waals surface area contributed by atoms with Gasteiger partial charge in [0, 0.05) is 19.3 Å². The van der Waals surface area contributed by atoms with Gasteiger partial charge in [0.1, 0.15) is 13.2 Å². The van der Waals surface area contributed by atoms with E-state index >= 15 is 0 Å². The summed E-state index contributed by atoms with van der Waals surface area (Å²) in [6, 6.07) is 0. The van der Waals surface area contributed by atoms with E-state index in [2.05, 4.69) is 93.7 Å². The van der Waals surface area contributed by atoms with Crippen molar-refractivity contribution < 1.29 is 28.6 Å². The predicted molar refractivity (Wildman–Crippen MR) is 261 cm³/mol. The zero-order chi connectivity index (χ0) is 44.4. The molecular formula is C55H94O6. The van der Waals surface area contributed by atoms with E-state index in [-0.39, 0.29) is 31.1 Å². The lowest BCUT2D eigenvalue weighted by Crippen LogP contribution is -2.30. The van der Waals surface area contributed by atoms with Gasteiger partial charge in [0.2, 0.25) is 0 Å². The first kappa shape index (κ1) is 57.9. The van der Waals surface area contributed by atoms with Gasteiger partial charge in [0.05, 0.1) is 0 Å². The third-order valence-electron chi connectivity index (χ3n) is 10.7. The Balaban J connectivity index is 4.35. The summed E-state index contributed by atoms with van der Waals surface area (Å²) in [6.07, 6.45) is 61.7. The van der Waals surface area contributed by atoms with Gasteiger partial charge in [-0.3, -0.25) is 14.4 Å². The molecule has 0 saturated carbocycles. The van der Waals surface area contributed by atoms with Crippen LogP contribution in [-0.4, -0.2) is 37.2 Å². The number of esters is 3. The van der Waals surface area contributed by atoms with Crippen LogP contribution in [0.15, 0.2) is 72.9 Å². The van der Waals surface area contributed by atoms with Crippen molar-refractivity contribution in [3.05, 3.63) is 72.9 Å². The summed E-state index contributed by atoms with van der Waals surface area (Å²) < 4.78 is 16.7. The van der Waals surface area contributed by atoms with E-state index in [4.69, 9.17) is 14.2 Å². The van der Waals surface area contributed by atoms with Crippen LogP contribution in [0.4, 0.5) is 0 Å². The van der Waals surface area contributed by atoms with E-state index in [1.54, 1.807) is 0 Å². The predicted octanol–water partition coefficient (Wildman–Crippen LogP) is 16.6. The fourth-order valence-electron chi connectivity index (χ4n) is 6.87. The van der Waals surface area contributed by atoms with E-state index in [1.807, 2.05) is 0 Å². The van der Waals surface area contributed by atoms with Crippen molar-refractivity contribution in [2.45, 2.75) is 245 Å². The molecule has 0 fully saturated rings. The summed E-state index contributed by atoms with van der Waals surface area (Å²) in [6.45, 7) is 6.46. The molecule has 0 bridgehead atoms. The highest BCUT2D eigenvalue weighted by Crippen LogP contribution is 2.14. The molecular weight excluding hydrogens is 757 g/mol. The van der Waals surface area contributed by atoms with Gasteiger partial charge in [-0.15, -0.1) is 0 Å². The Morgan fingerprint density at radius 2 is 0.639 bits per heavy atom. The highest BCUT2D eigenvalue weighted by molar-refractivity contribution is 5.71. The highest BCUT2D eigenvalue weighted by Gasteiger charge is 2.19. The SMILES string of the molecule is CC/C=C\C/C=C\C/C=C\C/C=C\C/C=C\CCCCCCCC(=O)OCC(COC(=O)CCCCCCCCCCCC)OC(=O)CCCCCCC/C=C\CCCCC. The maximum absolute atomic E-state index is 12.7. The van der Waals surface area contributed by atoms with Gasteiger partial charge in [-0.25, -0.2) is 0 Å². The number of hydrogen-bond donors (Lipinski definition) is 0. The molecule has 0 aromatic rings. The number of allylic oxidation sites excluding steroid dienone is 12. The molecule has 0 aliphatic heterocycles. The first-order chi connectivity index (χ1) is 30.0. The number of hydrogen-bond acceptors (Lipinski definition) is 6. The molecule has 0 aromatic carbocycles. The maximum atomic E-state index is 12.7. The van der Waals surface area contributed by atoms with Crippen LogP contribution in [0.5, 0.6) is 0 Å². The molecule has 0 amide bonds. The third-order valence-corrected chi connectivity index (χ3v) is 10.7. The van der Waals surface area contributed by atoms with Crippen LogP contribution in [0.3, 0.4) is 0 Å². The summed E-state index contributed by atoms with van der Waals surface area (Å²) >= 11 is 0. The van der Waals surface area contributed by atoms with E-state index in [0.717, 1.165) is 122 Å². The number of carbonyl (C=O) groups excluding carboxylic acids is 3. The first-order valence-corrected chi connectivity index (χ1v) is 25.4. The zero-order valence-corrected chi connectivity index (χ0v) is 39.9. The molecule has 0 rings (SSSR count). The van der Waals surface area contributed by atoms with Crippen LogP contribution in [0, 0.1) is 0 Å². The molecule has 1 unspecified atom stereocenters. The van der Waals surface area contributed by atoms with Crippen LogP contribution >= 0.6 is 0 Å². The van der Waals surface area contributed by atoms with Crippen molar-refractivity contribution in [1.82, 2.24) is 0 Å². The Bertz CT molecular complexity index is 1160. The molecule has 0 aromatic heterocycles. The molecule has 0 aliphatic rings. The molecule has 1 atom stereocenters. The molecule has 0 saturated heterocycles. The molecule has 6 heteroatoms. The highest BCUT2D eigenvalue weighted by atomic mass is 16.6. The third kappa shape index (κ3) is 47.7. The molecule has 0 heterocycles. The Kier molecular flexibility index (Phi) is 46.9. The summed E-state index contributed by atoms with van der Waals surface area (Å²) in [5.41, 5.74) is 0. The van der Waals surface area contributed by atoms with E-state index in [0.29, 0.717) is 19.3 Å². The monoisotopic (exact) mass is 851 g/mol. The molecule has 61 heavy (non-hydrogen) atoms. The number of unbranched alkanes of at least 4 members (excludes halogenated alkanes) is 22. The molecule has 0 N–H and O–H groups in total. The van der Waals surface area contributed by atoms with Gasteiger partial charge in [0.25, 0.3) is 0 Å². The van der Waals surface area contributed by atoms with Crippen LogP contribution in [0.25, 0.3) is 0 Å². The zero-order valence-electron chi connectivity index (χ0n) is 39.9. The number of rotatable bonds is 45. The average Bonchev–Trinajstić information content (AvgIpc) is 3.26. The molecule has 0 radical (unpaired) electrons. The largest absolute Gasteiger partial charge is 0.462 e. The van der Waals surface area contributed by atoms with Crippen molar-refractivity contribution in [3.63, 3.8) is 0 Å². The van der Waals surface area contributed by atoms with Crippen molar-refractivity contribution in [1.29, 1.82) is 0 Å². The minimum Gasteiger partial charge on any atom is -0.462 e. The second-order valence-electron chi connectivity index (χ2n) is 16.7. The van der Waals surface area contributed by atoms with Gasteiger partial charge >= 0.3 is 17.9 Å². The lowest BCUT2D eigenvalue weighted by atomic mass is 10.1. The van der Waals surface area contributed by atoms with Gasteiger partial charge in [0.15, 0.2) is 6.10 Å². The standard InChI is InChI=1S/C55H94O6/c1-4-7-10-13-16-19-22-24-25-26-27-28-29-30-31-32-34-36-39-42-45-48-54(57)60-51-52(50-59-53(56)47-44-41-38-35-21-18-15-12-9-6-3)61-55(58)49-46-43-40-37-33-23-20-17-14-11-8-5-2/h7,10,16-17,19-20,24-25,27-28,30-31,52H,4-6,8-9,11-15,18,21-23,26,29,32-51H2,1-3H3/b10-7-,19-16-,20-17-,25-24-,28-27-,31-30-. The van der Waals surface area contributed by atoms with Gasteiger partial charge in [-0.2, -0.15) is 0 Å². The molecule has 6 nitrogen and oxygen atoms in total. The Morgan fingerprint density at radius 3 is 1.05 bits per heavy atom. The minimum atomic E-state index is -0.784. The van der Waals surface area contributed by atoms with Crippen molar-refractivity contribution in [2.75, 3.05) is 13.2 Å². The number of ether oxygens (including phenoxy) is 3. The quantitative estimate of drug-likeness (QED) is 0.0263. The molecule has 350 valence electrons. The van der Waals surface area contributed by atoms with Crippen LogP contribution < -0.4 is 0 Å². The normalized spacial score (nSPS) is 12.6. The fraction of sp³-hybridized carbons (Fsp3) is 0.727. The first-order valence-electron chi connectivity index (χ1n) is 25.4. The maximum Gasteiger partial charge on any atom is 0.306 e. The van der Waals surface area contributed by atoms with E-state index < -0.39 is 6.10 Å². The minimum absolute atomic E-state index is 0.0839. The lowest BCUT2D eigenvalue weighted by Gasteiger charge is -2.18. The van der Waals surface area contributed by atoms with Crippen molar-refractivity contribution in [2.24, 2.45) is 0 Å². The van der Waals surface area contributed by atoms with E-state index in [1.165, 1.54) is 77.0 Å². The second kappa shape index (κ2) is 49.5. The summed E-state index contributed by atoms with van der Waals surface area (Å²) in [4.78, 5) is 37.9. The van der Waals surface area contributed by atoms with E-state index in [9.17, 15) is 14.4 Å². The fourth-order valence-corrected chi connectivity index (χ4v) is 6.87. The summed E-state index contributed by atoms with van der Waals surface area (Å²) in [5.74, 6) is -0.914. The van der Waals surface area contributed by atoms with Crippen LogP contribution in [0.1, 0.15) is 239 Å². The second-order valence-corrected chi connectivity index (χ2v) is 16.7.